The lowest BCUT2D eigenvalue weighted by Crippen LogP contribution is -2.44. The fraction of sp³-hybridized carbons (Fsp3) is 0.618. The van der Waals surface area contributed by atoms with Crippen LogP contribution in [0.25, 0.3) is 0 Å². The minimum atomic E-state index is -0.711. The van der Waals surface area contributed by atoms with E-state index >= 15 is 0 Å². The van der Waals surface area contributed by atoms with E-state index in [1.54, 1.807) is 24.1 Å². The maximum atomic E-state index is 13.4. The standard InChI is InChI=1S/C34H51N3O6S/c1-9-11-15-23(5)33(40)37(8)29(22(3)4)20-30(43-25(7)38)32-36-28(21-44-32)31(39)35-27(18-24(6)34(41)42-10-2)19-26-16-13-12-14-17-26/h12-14,16-17,21-24,27,29-30H,9-11,15,18-20H2,1-8H3,(H,35,39)/t23-,24-,27+,29+,30+/m0/s1. The summed E-state index contributed by atoms with van der Waals surface area (Å²) in [5.74, 6) is -1.46. The molecule has 0 aliphatic rings. The number of nitrogens with one attached hydrogen (secondary N) is 1. The summed E-state index contributed by atoms with van der Waals surface area (Å²) in [5, 5.41) is 5.21. The number of rotatable bonds is 18. The van der Waals surface area contributed by atoms with Crippen LogP contribution in [0.1, 0.15) is 108 Å². The zero-order chi connectivity index (χ0) is 32.8. The molecule has 0 fully saturated rings. The minimum Gasteiger partial charge on any atom is -0.466 e. The number of nitrogens with zero attached hydrogens (tertiary/aromatic N) is 2. The molecule has 2 aromatic rings. The molecule has 0 bridgehead atoms. The number of unbranched alkanes of at least 4 members (excludes halogenated alkanes) is 1. The molecule has 0 radical (unpaired) electrons. The summed E-state index contributed by atoms with van der Waals surface area (Å²) in [6.07, 6.45) is 3.43. The highest BCUT2D eigenvalue weighted by Crippen LogP contribution is 2.31. The summed E-state index contributed by atoms with van der Waals surface area (Å²) in [6.45, 7) is 13.4. The highest BCUT2D eigenvalue weighted by molar-refractivity contribution is 7.09. The first kappa shape index (κ1) is 36.9. The Labute approximate surface area is 267 Å². The molecule has 44 heavy (non-hydrogen) atoms. The first-order valence-electron chi connectivity index (χ1n) is 15.8. The van der Waals surface area contributed by atoms with Gasteiger partial charge in [0.1, 0.15) is 10.7 Å². The van der Waals surface area contributed by atoms with Crippen molar-refractivity contribution in [1.29, 1.82) is 0 Å². The van der Waals surface area contributed by atoms with Crippen LogP contribution in [-0.4, -0.2) is 59.4 Å². The van der Waals surface area contributed by atoms with Gasteiger partial charge in [-0.05, 0) is 37.7 Å². The van der Waals surface area contributed by atoms with E-state index in [4.69, 9.17) is 9.47 Å². The van der Waals surface area contributed by atoms with Gasteiger partial charge in [0.25, 0.3) is 5.91 Å². The molecule has 0 unspecified atom stereocenters. The summed E-state index contributed by atoms with van der Waals surface area (Å²) in [4.78, 5) is 57.5. The molecule has 0 saturated carbocycles. The molecule has 0 spiro atoms. The molecule has 1 N–H and O–H groups in total. The second-order valence-corrected chi connectivity index (χ2v) is 12.8. The molecule has 5 atom stereocenters. The third kappa shape index (κ3) is 11.7. The van der Waals surface area contributed by atoms with Gasteiger partial charge in [-0.1, -0.05) is 77.8 Å². The van der Waals surface area contributed by atoms with E-state index in [1.807, 2.05) is 58.2 Å². The number of amides is 2. The lowest BCUT2D eigenvalue weighted by atomic mass is 9.94. The average Bonchev–Trinajstić information content (AvgIpc) is 3.48. The molecule has 9 nitrogen and oxygen atoms in total. The summed E-state index contributed by atoms with van der Waals surface area (Å²) in [7, 11) is 1.81. The molecule has 10 heteroatoms. The fourth-order valence-electron chi connectivity index (χ4n) is 5.34. The number of esters is 2. The van der Waals surface area contributed by atoms with Gasteiger partial charge in [0.05, 0.1) is 12.5 Å². The quantitative estimate of drug-likeness (QED) is 0.190. The molecule has 0 aliphatic heterocycles. The van der Waals surface area contributed by atoms with Crippen molar-refractivity contribution in [3.05, 3.63) is 52.0 Å². The van der Waals surface area contributed by atoms with Crippen LogP contribution in [0.5, 0.6) is 0 Å². The molecule has 244 valence electrons. The predicted octanol–water partition coefficient (Wildman–Crippen LogP) is 6.38. The monoisotopic (exact) mass is 629 g/mol. The number of carbonyl (C=O) groups excluding carboxylic acids is 4. The van der Waals surface area contributed by atoms with E-state index < -0.39 is 18.0 Å². The van der Waals surface area contributed by atoms with Crippen molar-refractivity contribution in [2.75, 3.05) is 13.7 Å². The molecular weight excluding hydrogens is 578 g/mol. The Bertz CT molecular complexity index is 1200. The first-order chi connectivity index (χ1) is 20.9. The van der Waals surface area contributed by atoms with Crippen molar-refractivity contribution in [3.63, 3.8) is 0 Å². The Hall–Kier alpha value is -3.27. The van der Waals surface area contributed by atoms with Gasteiger partial charge in [-0.3, -0.25) is 19.2 Å². The van der Waals surface area contributed by atoms with Crippen molar-refractivity contribution < 1.29 is 28.7 Å². The van der Waals surface area contributed by atoms with E-state index in [-0.39, 0.29) is 47.4 Å². The highest BCUT2D eigenvalue weighted by atomic mass is 32.1. The maximum Gasteiger partial charge on any atom is 0.308 e. The highest BCUT2D eigenvalue weighted by Gasteiger charge is 2.32. The van der Waals surface area contributed by atoms with E-state index in [9.17, 15) is 19.2 Å². The Morgan fingerprint density at radius 3 is 2.27 bits per heavy atom. The second-order valence-electron chi connectivity index (χ2n) is 12.0. The number of hydrogen-bond acceptors (Lipinski definition) is 8. The van der Waals surface area contributed by atoms with Crippen molar-refractivity contribution in [3.8, 4) is 0 Å². The maximum absolute atomic E-state index is 13.4. The van der Waals surface area contributed by atoms with Crippen LogP contribution in [0.3, 0.4) is 0 Å². The minimum absolute atomic E-state index is 0.0689. The number of benzene rings is 1. The molecular formula is C34H51N3O6S. The van der Waals surface area contributed by atoms with E-state index in [0.717, 1.165) is 24.8 Å². The van der Waals surface area contributed by atoms with Crippen LogP contribution < -0.4 is 5.32 Å². The normalized spacial score (nSPS) is 14.7. The zero-order valence-corrected chi connectivity index (χ0v) is 28.4. The number of carbonyl (C=O) groups is 4. The number of ether oxygens (including phenoxy) is 2. The van der Waals surface area contributed by atoms with Crippen molar-refractivity contribution in [2.24, 2.45) is 17.8 Å². The smallest absolute Gasteiger partial charge is 0.308 e. The average molecular weight is 630 g/mol. The molecule has 2 amide bonds. The van der Waals surface area contributed by atoms with Gasteiger partial charge in [-0.15, -0.1) is 11.3 Å². The largest absolute Gasteiger partial charge is 0.466 e. The van der Waals surface area contributed by atoms with Crippen LogP contribution in [0.4, 0.5) is 0 Å². The lowest BCUT2D eigenvalue weighted by molar-refractivity contribution is -0.149. The van der Waals surface area contributed by atoms with Crippen LogP contribution >= 0.6 is 11.3 Å². The molecule has 0 saturated heterocycles. The van der Waals surface area contributed by atoms with E-state index in [2.05, 4.69) is 17.2 Å². The van der Waals surface area contributed by atoms with Crippen molar-refractivity contribution in [2.45, 2.75) is 105 Å². The van der Waals surface area contributed by atoms with Crippen molar-refractivity contribution in [1.82, 2.24) is 15.2 Å². The topological polar surface area (TPSA) is 115 Å². The Morgan fingerprint density at radius 1 is 1.00 bits per heavy atom. The summed E-state index contributed by atoms with van der Waals surface area (Å²) in [6, 6.07) is 9.24. The number of aromatic nitrogens is 1. The third-order valence-corrected chi connectivity index (χ3v) is 8.74. The van der Waals surface area contributed by atoms with Crippen LogP contribution in [0, 0.1) is 17.8 Å². The zero-order valence-electron chi connectivity index (χ0n) is 27.6. The molecule has 1 heterocycles. The second kappa shape index (κ2) is 18.5. The van der Waals surface area contributed by atoms with E-state index in [1.165, 1.54) is 18.3 Å². The predicted molar refractivity (Wildman–Crippen MR) is 173 cm³/mol. The Morgan fingerprint density at radius 2 is 1.68 bits per heavy atom. The van der Waals surface area contributed by atoms with Gasteiger partial charge in [0.15, 0.2) is 6.10 Å². The number of hydrogen-bond donors (Lipinski definition) is 1. The van der Waals surface area contributed by atoms with Gasteiger partial charge in [0.2, 0.25) is 5.91 Å². The first-order valence-corrected chi connectivity index (χ1v) is 16.7. The summed E-state index contributed by atoms with van der Waals surface area (Å²) < 4.78 is 10.9. The summed E-state index contributed by atoms with van der Waals surface area (Å²) >= 11 is 1.25. The third-order valence-electron chi connectivity index (χ3n) is 7.81. The molecule has 2 rings (SSSR count). The van der Waals surface area contributed by atoms with Crippen LogP contribution in [0.15, 0.2) is 35.7 Å². The van der Waals surface area contributed by atoms with Crippen LogP contribution in [-0.2, 0) is 30.3 Å². The SMILES string of the molecule is CCCC[C@H](C)C(=O)N(C)[C@H](C[C@@H](OC(C)=O)c1nc(C(=O)N[C@@H](Cc2ccccc2)C[C@H](C)C(=O)OCC)cs1)C(C)C. The number of thiazole rings is 1. The Kier molecular flexibility index (Phi) is 15.5. The lowest BCUT2D eigenvalue weighted by Gasteiger charge is -2.35. The fourth-order valence-corrected chi connectivity index (χ4v) is 6.18. The molecule has 1 aromatic carbocycles. The Balaban J connectivity index is 2.25. The van der Waals surface area contributed by atoms with Crippen LogP contribution in [0.2, 0.25) is 0 Å². The van der Waals surface area contributed by atoms with Gasteiger partial charge in [0, 0.05) is 43.8 Å². The van der Waals surface area contributed by atoms with Gasteiger partial charge < -0.3 is 19.7 Å². The molecule has 0 aliphatic carbocycles. The van der Waals surface area contributed by atoms with Gasteiger partial charge >= 0.3 is 11.9 Å². The van der Waals surface area contributed by atoms with Gasteiger partial charge in [-0.25, -0.2) is 4.98 Å². The molecule has 1 aromatic heterocycles. The summed E-state index contributed by atoms with van der Waals surface area (Å²) in [5.41, 5.74) is 1.24. The van der Waals surface area contributed by atoms with Gasteiger partial charge in [-0.2, -0.15) is 0 Å². The van der Waals surface area contributed by atoms with E-state index in [0.29, 0.717) is 30.9 Å². The van der Waals surface area contributed by atoms with Crippen molar-refractivity contribution >= 4 is 35.1 Å².